The molecule has 1 aliphatic heterocycles. The molecule has 0 amide bonds. The van der Waals surface area contributed by atoms with Gasteiger partial charge in [0, 0.05) is 49.4 Å². The van der Waals surface area contributed by atoms with Crippen molar-refractivity contribution in [2.24, 2.45) is 5.92 Å². The molecule has 1 heterocycles. The Balaban J connectivity index is 2.06. The van der Waals surface area contributed by atoms with E-state index in [1.807, 2.05) is 6.92 Å². The van der Waals surface area contributed by atoms with Crippen molar-refractivity contribution in [2.75, 3.05) is 26.9 Å². The molecule has 0 N–H and O–H groups in total. The number of methoxy groups -OCH3 is 1. The smallest absolute Gasteiger partial charge is 0.269 e. The minimum absolute atomic E-state index is 0.0114. The van der Waals surface area contributed by atoms with E-state index >= 15 is 0 Å². The highest BCUT2D eigenvalue weighted by Crippen LogP contribution is 2.46. The van der Waals surface area contributed by atoms with Crippen LogP contribution in [0.1, 0.15) is 58.4 Å². The molecule has 9 nitrogen and oxygen atoms in total. The molecule has 10 heteroatoms. The second kappa shape index (κ2) is 11.0. The summed E-state index contributed by atoms with van der Waals surface area (Å²) in [5.74, 6) is -0.793. The fraction of sp³-hybridized carbons (Fsp3) is 0.692. The third kappa shape index (κ3) is 5.81. The van der Waals surface area contributed by atoms with E-state index in [2.05, 4.69) is 38.8 Å². The monoisotopic (exact) mass is 519 g/mol. The Bertz CT molecular complexity index is 988. The summed E-state index contributed by atoms with van der Waals surface area (Å²) in [6.07, 6.45) is 2.60. The number of nitrogens with zero attached hydrogens (tertiary/aromatic N) is 3. The van der Waals surface area contributed by atoms with E-state index in [4.69, 9.17) is 9.16 Å². The second-order valence-corrected chi connectivity index (χ2v) is 16.5. The Morgan fingerprint density at radius 3 is 2.28 bits per heavy atom. The average Bonchev–Trinajstić information content (AvgIpc) is 3.25. The molecule has 0 spiro atoms. The maximum Gasteiger partial charge on any atom is 0.269 e. The second-order valence-electron chi connectivity index (χ2n) is 11.7. The number of likely N-dealkylation sites (tertiary alicyclic amines) is 1. The molecule has 1 aromatic rings. The van der Waals surface area contributed by atoms with Gasteiger partial charge in [0.15, 0.2) is 8.32 Å². The summed E-state index contributed by atoms with van der Waals surface area (Å²) >= 11 is 0. The Labute approximate surface area is 215 Å². The van der Waals surface area contributed by atoms with Crippen LogP contribution >= 0.6 is 0 Å². The number of hydrogen-bond acceptors (Lipinski definition) is 7. The summed E-state index contributed by atoms with van der Waals surface area (Å²) in [6, 6.07) is 5.62. The molecule has 1 saturated heterocycles. The zero-order valence-electron chi connectivity index (χ0n) is 22.7. The molecule has 1 fully saturated rings. The van der Waals surface area contributed by atoms with Gasteiger partial charge in [-0.2, -0.15) is 0 Å². The fourth-order valence-electron chi connectivity index (χ4n) is 5.33. The molecule has 0 bridgehead atoms. The third-order valence-electron chi connectivity index (χ3n) is 8.54. The summed E-state index contributed by atoms with van der Waals surface area (Å²) in [7, 11) is -0.432. The van der Waals surface area contributed by atoms with Gasteiger partial charge in [0.2, 0.25) is 6.04 Å². The van der Waals surface area contributed by atoms with E-state index < -0.39 is 25.2 Å². The number of rotatable bonds is 9. The lowest BCUT2D eigenvalue weighted by Gasteiger charge is -2.42. The van der Waals surface area contributed by atoms with Crippen LogP contribution in [0.2, 0.25) is 18.1 Å². The summed E-state index contributed by atoms with van der Waals surface area (Å²) in [5.41, 5.74) is 2.90. The first-order chi connectivity index (χ1) is 16.8. The maximum absolute atomic E-state index is 12.6. The Morgan fingerprint density at radius 2 is 1.75 bits per heavy atom. The minimum Gasteiger partial charge on any atom is -0.416 e. The summed E-state index contributed by atoms with van der Waals surface area (Å²) in [4.78, 5) is 25.6. The number of nitro groups is 2. The van der Waals surface area contributed by atoms with Crippen LogP contribution < -0.4 is 0 Å². The lowest BCUT2D eigenvalue weighted by Crippen LogP contribution is -2.48. The number of benzene rings is 1. The van der Waals surface area contributed by atoms with Gasteiger partial charge in [-0.15, -0.1) is 0 Å². The van der Waals surface area contributed by atoms with Crippen LogP contribution in [0, 0.1) is 26.1 Å². The molecule has 36 heavy (non-hydrogen) atoms. The SMILES string of the molecule is COC[C@@H]1CCCN1C1=C(C)[C@H](CO[Si](C)(C)C(C)(C)C)[C@H]([N+](=O)[O-])[C@@H](c2ccc([N+](=O)[O-])cc2)C1. The van der Waals surface area contributed by atoms with Crippen molar-refractivity contribution in [3.63, 3.8) is 0 Å². The first-order valence-corrected chi connectivity index (χ1v) is 15.7. The molecule has 200 valence electrons. The van der Waals surface area contributed by atoms with E-state index in [0.717, 1.165) is 36.2 Å². The quantitative estimate of drug-likeness (QED) is 0.232. The van der Waals surface area contributed by atoms with E-state index in [-0.39, 0.29) is 27.6 Å². The number of non-ortho nitro benzene ring substituents is 1. The van der Waals surface area contributed by atoms with Crippen LogP contribution in [-0.4, -0.2) is 62.0 Å². The van der Waals surface area contributed by atoms with Gasteiger partial charge >= 0.3 is 0 Å². The summed E-state index contributed by atoms with van der Waals surface area (Å²) in [5, 5.41) is 23.8. The van der Waals surface area contributed by atoms with Crippen LogP contribution in [0.3, 0.4) is 0 Å². The lowest BCUT2D eigenvalue weighted by molar-refractivity contribution is -0.536. The largest absolute Gasteiger partial charge is 0.416 e. The highest BCUT2D eigenvalue weighted by Gasteiger charge is 2.49. The molecule has 3 rings (SSSR count). The lowest BCUT2D eigenvalue weighted by atomic mass is 9.72. The third-order valence-corrected chi connectivity index (χ3v) is 13.0. The zero-order chi connectivity index (χ0) is 26.8. The van der Waals surface area contributed by atoms with Crippen LogP contribution in [-0.2, 0) is 9.16 Å². The van der Waals surface area contributed by atoms with Gasteiger partial charge in [-0.25, -0.2) is 0 Å². The molecule has 4 atom stereocenters. The predicted molar refractivity (Wildman–Crippen MR) is 142 cm³/mol. The van der Waals surface area contributed by atoms with Gasteiger partial charge in [0.1, 0.15) is 0 Å². The Morgan fingerprint density at radius 1 is 1.11 bits per heavy atom. The van der Waals surface area contributed by atoms with Gasteiger partial charge in [0.25, 0.3) is 5.69 Å². The van der Waals surface area contributed by atoms with Crippen molar-refractivity contribution < 1.29 is 19.0 Å². The Hall–Kier alpha value is -2.30. The molecule has 0 radical (unpaired) electrons. The molecule has 1 aliphatic carbocycles. The van der Waals surface area contributed by atoms with Crippen molar-refractivity contribution in [1.82, 2.24) is 4.90 Å². The van der Waals surface area contributed by atoms with Crippen LogP contribution in [0.5, 0.6) is 0 Å². The highest BCUT2D eigenvalue weighted by molar-refractivity contribution is 6.74. The van der Waals surface area contributed by atoms with Crippen molar-refractivity contribution >= 4 is 14.0 Å². The van der Waals surface area contributed by atoms with Gasteiger partial charge in [-0.1, -0.05) is 32.9 Å². The van der Waals surface area contributed by atoms with E-state index in [9.17, 15) is 20.2 Å². The van der Waals surface area contributed by atoms with Crippen molar-refractivity contribution in [3.05, 3.63) is 61.3 Å². The van der Waals surface area contributed by atoms with E-state index in [0.29, 0.717) is 19.6 Å². The first kappa shape index (κ1) is 28.3. The van der Waals surface area contributed by atoms with Crippen LogP contribution in [0.15, 0.2) is 35.5 Å². The highest BCUT2D eigenvalue weighted by atomic mass is 28.4. The molecular weight excluding hydrogens is 478 g/mol. The van der Waals surface area contributed by atoms with Crippen LogP contribution in [0.25, 0.3) is 0 Å². The average molecular weight is 520 g/mol. The van der Waals surface area contributed by atoms with Crippen molar-refractivity contribution in [3.8, 4) is 0 Å². The standard InChI is InChI=1S/C26H41N3O6Si/c1-18-23(17-35-36(6,7)26(2,3)4)25(29(32)33)22(19-10-12-20(13-11-19)28(30)31)15-24(18)27-14-8-9-21(27)16-34-5/h10-13,21-23,25H,8-9,14-17H2,1-7H3/t21-,22+,23-,25+/m0/s1. The van der Waals surface area contributed by atoms with E-state index in [1.54, 1.807) is 19.2 Å². The normalized spacial score (nSPS) is 25.4. The molecule has 0 aromatic heterocycles. The molecule has 0 saturated carbocycles. The molecule has 2 aliphatic rings. The van der Waals surface area contributed by atoms with E-state index in [1.165, 1.54) is 12.1 Å². The molecule has 1 aromatic carbocycles. The zero-order valence-corrected chi connectivity index (χ0v) is 23.7. The van der Waals surface area contributed by atoms with Gasteiger partial charge in [-0.3, -0.25) is 20.2 Å². The Kier molecular flexibility index (Phi) is 8.62. The van der Waals surface area contributed by atoms with Crippen molar-refractivity contribution in [1.29, 1.82) is 0 Å². The molecule has 0 unspecified atom stereocenters. The predicted octanol–water partition coefficient (Wildman–Crippen LogP) is 5.75. The minimum atomic E-state index is -2.14. The first-order valence-electron chi connectivity index (χ1n) is 12.8. The van der Waals surface area contributed by atoms with Gasteiger partial charge in [-0.05, 0) is 49.0 Å². The molecular formula is C26H41N3O6Si. The summed E-state index contributed by atoms with van der Waals surface area (Å²) in [6.45, 7) is 14.7. The number of allylic oxidation sites excluding steroid dienone is 1. The van der Waals surface area contributed by atoms with Crippen LogP contribution in [0.4, 0.5) is 5.69 Å². The number of nitro benzene ring substituents is 1. The topological polar surface area (TPSA) is 108 Å². The number of ether oxygens (including phenoxy) is 1. The number of hydrogen-bond donors (Lipinski definition) is 0. The maximum atomic E-state index is 12.6. The van der Waals surface area contributed by atoms with Gasteiger partial charge < -0.3 is 14.1 Å². The van der Waals surface area contributed by atoms with Crippen molar-refractivity contribution in [2.45, 2.75) is 83.1 Å². The fourth-order valence-corrected chi connectivity index (χ4v) is 6.36. The van der Waals surface area contributed by atoms with Gasteiger partial charge in [0.05, 0.1) is 29.4 Å². The summed E-state index contributed by atoms with van der Waals surface area (Å²) < 4.78 is 12.1.